The minimum atomic E-state index is -0.439. The van der Waals surface area contributed by atoms with Gasteiger partial charge >= 0.3 is 0 Å². The predicted molar refractivity (Wildman–Crippen MR) is 79.6 cm³/mol. The third-order valence-corrected chi connectivity index (χ3v) is 5.45. The van der Waals surface area contributed by atoms with Crippen LogP contribution >= 0.6 is 0 Å². The van der Waals surface area contributed by atoms with E-state index >= 15 is 0 Å². The van der Waals surface area contributed by atoms with E-state index in [4.69, 9.17) is 0 Å². The zero-order valence-electron chi connectivity index (χ0n) is 12.5. The number of carbonyl (C=O) groups is 3. The second kappa shape index (κ2) is 5.15. The fourth-order valence-corrected chi connectivity index (χ4v) is 4.50. The van der Waals surface area contributed by atoms with E-state index in [1.165, 1.54) is 24.3 Å². The van der Waals surface area contributed by atoms with Crippen molar-refractivity contribution in [2.45, 2.75) is 19.3 Å². The van der Waals surface area contributed by atoms with E-state index in [0.29, 0.717) is 17.5 Å². The van der Waals surface area contributed by atoms with E-state index in [2.05, 4.69) is 5.32 Å². The highest BCUT2D eigenvalue weighted by atomic mass is 19.1. The number of benzene rings is 1. The van der Waals surface area contributed by atoms with Gasteiger partial charge in [-0.1, -0.05) is 0 Å². The van der Waals surface area contributed by atoms with E-state index in [9.17, 15) is 18.8 Å². The second-order valence-corrected chi connectivity index (χ2v) is 6.70. The lowest BCUT2D eigenvalue weighted by Gasteiger charge is -2.19. The molecular formula is C17H17FN2O3. The average Bonchev–Trinajstić information content (AvgIpc) is 3.19. The maximum Gasteiger partial charge on any atom is 0.244 e. The van der Waals surface area contributed by atoms with Gasteiger partial charge in [0.25, 0.3) is 0 Å². The molecule has 0 aromatic heterocycles. The largest absolute Gasteiger partial charge is 0.325 e. The van der Waals surface area contributed by atoms with Crippen LogP contribution in [0.1, 0.15) is 19.3 Å². The van der Waals surface area contributed by atoms with Crippen LogP contribution < -0.4 is 5.32 Å². The maximum absolute atomic E-state index is 12.9. The smallest absolute Gasteiger partial charge is 0.244 e. The molecule has 1 N–H and O–H groups in total. The van der Waals surface area contributed by atoms with Crippen LogP contribution in [0.15, 0.2) is 24.3 Å². The van der Waals surface area contributed by atoms with Crippen LogP contribution in [0.4, 0.5) is 10.1 Å². The fraction of sp³-hybridized carbons (Fsp3) is 0.471. The summed E-state index contributed by atoms with van der Waals surface area (Å²) >= 11 is 0. The summed E-state index contributed by atoms with van der Waals surface area (Å²) < 4.78 is 12.9. The number of likely N-dealkylation sites (tertiary alicyclic amines) is 1. The Labute approximate surface area is 132 Å². The van der Waals surface area contributed by atoms with E-state index in [-0.39, 0.29) is 30.2 Å². The molecule has 1 aromatic carbocycles. The topological polar surface area (TPSA) is 66.5 Å². The van der Waals surface area contributed by atoms with E-state index in [1.54, 1.807) is 0 Å². The zero-order valence-corrected chi connectivity index (χ0v) is 12.5. The quantitative estimate of drug-likeness (QED) is 0.865. The molecule has 5 nitrogen and oxygen atoms in total. The molecule has 23 heavy (non-hydrogen) atoms. The molecular weight excluding hydrogens is 299 g/mol. The Balaban J connectivity index is 1.44. The number of hydrogen-bond donors (Lipinski definition) is 1. The van der Waals surface area contributed by atoms with Gasteiger partial charge in [0, 0.05) is 5.69 Å². The molecule has 1 saturated heterocycles. The molecule has 0 spiro atoms. The normalized spacial score (nSPS) is 31.6. The van der Waals surface area contributed by atoms with Crippen molar-refractivity contribution in [2.24, 2.45) is 23.7 Å². The summed E-state index contributed by atoms with van der Waals surface area (Å²) in [7, 11) is 0. The van der Waals surface area contributed by atoms with Gasteiger partial charge in [-0.05, 0) is 55.4 Å². The Hall–Kier alpha value is -2.24. The molecule has 2 bridgehead atoms. The van der Waals surface area contributed by atoms with Gasteiger partial charge in [0.05, 0.1) is 11.8 Å². The lowest BCUT2D eigenvalue weighted by Crippen LogP contribution is -2.39. The third kappa shape index (κ3) is 2.24. The first-order valence-electron chi connectivity index (χ1n) is 7.95. The van der Waals surface area contributed by atoms with Crippen molar-refractivity contribution in [2.75, 3.05) is 11.9 Å². The lowest BCUT2D eigenvalue weighted by atomic mass is 9.81. The van der Waals surface area contributed by atoms with E-state index in [0.717, 1.165) is 24.2 Å². The van der Waals surface area contributed by atoms with Crippen molar-refractivity contribution in [3.63, 3.8) is 0 Å². The first kappa shape index (κ1) is 14.4. The van der Waals surface area contributed by atoms with Gasteiger partial charge in [-0.15, -0.1) is 0 Å². The Morgan fingerprint density at radius 1 is 1.09 bits per heavy atom. The van der Waals surface area contributed by atoms with Gasteiger partial charge in [0.15, 0.2) is 0 Å². The number of anilines is 1. The van der Waals surface area contributed by atoms with Gasteiger partial charge in [0.2, 0.25) is 17.7 Å². The van der Waals surface area contributed by atoms with Crippen LogP contribution in [0.2, 0.25) is 0 Å². The SMILES string of the molecule is O=C(CN1C(=O)[C@@H]2[C@H]3CC[C@@H](C3)[C@H]2C1=O)Nc1ccc(F)cc1. The molecule has 120 valence electrons. The molecule has 0 radical (unpaired) electrons. The molecule has 3 fully saturated rings. The Morgan fingerprint density at radius 3 is 2.22 bits per heavy atom. The molecule has 4 rings (SSSR count). The van der Waals surface area contributed by atoms with Crippen molar-refractivity contribution in [1.29, 1.82) is 0 Å². The number of amides is 3. The number of halogens is 1. The third-order valence-electron chi connectivity index (χ3n) is 5.45. The van der Waals surface area contributed by atoms with Crippen LogP contribution in [0.3, 0.4) is 0 Å². The maximum atomic E-state index is 12.9. The standard InChI is InChI=1S/C17H17FN2O3/c18-11-3-5-12(6-4-11)19-13(21)8-20-16(22)14-9-1-2-10(7-9)15(14)17(20)23/h3-6,9-10,14-15H,1-2,7-8H2,(H,19,21)/t9-,10-,14+,15+/m0/s1. The fourth-order valence-electron chi connectivity index (χ4n) is 4.50. The van der Waals surface area contributed by atoms with Crippen LogP contribution in [0, 0.1) is 29.5 Å². The Morgan fingerprint density at radius 2 is 1.65 bits per heavy atom. The van der Waals surface area contributed by atoms with Crippen molar-refractivity contribution in [3.05, 3.63) is 30.1 Å². The summed E-state index contributed by atoms with van der Waals surface area (Å²) in [5, 5.41) is 2.59. The summed E-state index contributed by atoms with van der Waals surface area (Å²) in [5.41, 5.74) is 0.441. The zero-order chi connectivity index (χ0) is 16.1. The molecule has 4 atom stereocenters. The van der Waals surface area contributed by atoms with Crippen LogP contribution in [0.5, 0.6) is 0 Å². The number of nitrogens with zero attached hydrogens (tertiary/aromatic N) is 1. The predicted octanol–water partition coefficient (Wildman–Crippen LogP) is 1.80. The van der Waals surface area contributed by atoms with E-state index < -0.39 is 11.7 Å². The van der Waals surface area contributed by atoms with Crippen molar-refractivity contribution in [3.8, 4) is 0 Å². The number of fused-ring (bicyclic) bond motifs is 5. The molecule has 1 aromatic rings. The first-order valence-corrected chi connectivity index (χ1v) is 7.95. The van der Waals surface area contributed by atoms with Gasteiger partial charge in [-0.3, -0.25) is 19.3 Å². The molecule has 6 heteroatoms. The van der Waals surface area contributed by atoms with E-state index in [1.807, 2.05) is 0 Å². The highest BCUT2D eigenvalue weighted by molar-refractivity contribution is 6.09. The summed E-state index contributed by atoms with van der Waals surface area (Å²) in [5.74, 6) is -1.01. The molecule has 0 unspecified atom stereocenters. The number of hydrogen-bond acceptors (Lipinski definition) is 3. The van der Waals surface area contributed by atoms with Gasteiger partial charge in [0.1, 0.15) is 12.4 Å². The Kier molecular flexibility index (Phi) is 3.21. The van der Waals surface area contributed by atoms with Gasteiger partial charge in [-0.2, -0.15) is 0 Å². The molecule has 3 aliphatic rings. The minimum absolute atomic E-state index is 0.193. The second-order valence-electron chi connectivity index (χ2n) is 6.70. The average molecular weight is 316 g/mol. The molecule has 1 heterocycles. The summed E-state index contributed by atoms with van der Waals surface area (Å²) in [4.78, 5) is 38.2. The monoisotopic (exact) mass is 316 g/mol. The highest BCUT2D eigenvalue weighted by Gasteiger charge is 2.60. The molecule has 1 aliphatic heterocycles. The minimum Gasteiger partial charge on any atom is -0.325 e. The summed E-state index contributed by atoms with van der Waals surface area (Å²) in [6, 6.07) is 5.36. The van der Waals surface area contributed by atoms with Crippen LogP contribution in [-0.2, 0) is 14.4 Å². The van der Waals surface area contributed by atoms with Crippen LogP contribution in [0.25, 0.3) is 0 Å². The first-order chi connectivity index (χ1) is 11.0. The molecule has 2 saturated carbocycles. The molecule has 3 amide bonds. The lowest BCUT2D eigenvalue weighted by molar-refractivity contribution is -0.143. The van der Waals surface area contributed by atoms with Crippen LogP contribution in [-0.4, -0.2) is 29.2 Å². The van der Waals surface area contributed by atoms with Gasteiger partial charge in [-0.25, -0.2) is 4.39 Å². The molecule has 2 aliphatic carbocycles. The van der Waals surface area contributed by atoms with Gasteiger partial charge < -0.3 is 5.32 Å². The number of carbonyl (C=O) groups excluding carboxylic acids is 3. The summed E-state index contributed by atoms with van der Waals surface area (Å²) in [6.07, 6.45) is 3.00. The van der Waals surface area contributed by atoms with Crippen molar-refractivity contribution in [1.82, 2.24) is 4.90 Å². The highest BCUT2D eigenvalue weighted by Crippen LogP contribution is 2.56. The van der Waals surface area contributed by atoms with Crippen molar-refractivity contribution >= 4 is 23.4 Å². The number of imide groups is 1. The summed E-state index contributed by atoms with van der Waals surface area (Å²) in [6.45, 7) is -0.262. The van der Waals surface area contributed by atoms with Crippen molar-refractivity contribution < 1.29 is 18.8 Å². The Bertz CT molecular complexity index is 660. The number of nitrogens with one attached hydrogen (secondary N) is 1. The number of rotatable bonds is 3.